The van der Waals surface area contributed by atoms with Crippen molar-refractivity contribution in [1.82, 2.24) is 4.98 Å². The number of methoxy groups -OCH3 is 1. The molecule has 9 heteroatoms. The van der Waals surface area contributed by atoms with Crippen LogP contribution in [-0.4, -0.2) is 36.0 Å². The van der Waals surface area contributed by atoms with Crippen molar-refractivity contribution < 1.29 is 28.3 Å². The lowest BCUT2D eigenvalue weighted by Crippen LogP contribution is -2.30. The molecule has 2 aromatic carbocycles. The fourth-order valence-electron chi connectivity index (χ4n) is 4.30. The topological polar surface area (TPSA) is 108 Å². The first-order valence-electron chi connectivity index (χ1n) is 11.7. The van der Waals surface area contributed by atoms with E-state index in [9.17, 15) is 14.4 Å². The molecule has 5 rings (SSSR count). The van der Waals surface area contributed by atoms with Gasteiger partial charge in [-0.1, -0.05) is 24.3 Å². The van der Waals surface area contributed by atoms with Crippen LogP contribution < -0.4 is 5.32 Å². The van der Waals surface area contributed by atoms with E-state index in [2.05, 4.69) is 10.3 Å². The molecule has 0 radical (unpaired) electrons. The third-order valence-electron chi connectivity index (χ3n) is 6.12. The summed E-state index contributed by atoms with van der Waals surface area (Å²) in [6.45, 7) is 1.49. The highest BCUT2D eigenvalue weighted by molar-refractivity contribution is 7.17. The minimum absolute atomic E-state index is 0.227. The minimum Gasteiger partial charge on any atom is -0.465 e. The van der Waals surface area contributed by atoms with E-state index in [0.717, 1.165) is 36.1 Å². The van der Waals surface area contributed by atoms with Gasteiger partial charge in [0.25, 0.3) is 5.91 Å². The van der Waals surface area contributed by atoms with Crippen LogP contribution in [0.1, 0.15) is 50.9 Å². The summed E-state index contributed by atoms with van der Waals surface area (Å²) < 4.78 is 16.3. The highest BCUT2D eigenvalue weighted by Gasteiger charge is 2.29. The number of hydrogen-bond donors (Lipinski definition) is 1. The predicted octanol–water partition coefficient (Wildman–Crippen LogP) is 5.41. The molecule has 1 unspecified atom stereocenters. The van der Waals surface area contributed by atoms with Crippen LogP contribution >= 0.6 is 11.3 Å². The lowest BCUT2D eigenvalue weighted by atomic mass is 9.95. The van der Waals surface area contributed by atoms with Crippen LogP contribution in [0.3, 0.4) is 0 Å². The van der Waals surface area contributed by atoms with E-state index in [0.29, 0.717) is 27.2 Å². The third-order valence-corrected chi connectivity index (χ3v) is 7.33. The number of aryl methyl sites for hydroxylation is 1. The van der Waals surface area contributed by atoms with Gasteiger partial charge in [0.15, 0.2) is 11.7 Å². The number of thiophene rings is 1. The summed E-state index contributed by atoms with van der Waals surface area (Å²) in [6, 6.07) is 14.1. The first-order chi connectivity index (χ1) is 17.5. The number of carbonyl (C=O) groups is 3. The molecule has 0 saturated carbocycles. The molecule has 2 aromatic heterocycles. The molecule has 184 valence electrons. The second kappa shape index (κ2) is 9.94. The summed E-state index contributed by atoms with van der Waals surface area (Å²) in [5.41, 5.74) is 3.29. The number of ether oxygens (including phenoxy) is 2. The van der Waals surface area contributed by atoms with Crippen LogP contribution in [0.4, 0.5) is 5.00 Å². The molecule has 36 heavy (non-hydrogen) atoms. The predicted molar refractivity (Wildman–Crippen MR) is 135 cm³/mol. The second-order valence-corrected chi connectivity index (χ2v) is 9.58. The molecule has 0 aliphatic heterocycles. The number of carbonyl (C=O) groups excluding carboxylic acids is 3. The lowest BCUT2D eigenvalue weighted by molar-refractivity contribution is -0.123. The Labute approximate surface area is 211 Å². The summed E-state index contributed by atoms with van der Waals surface area (Å²) in [5.74, 6) is -1.42. The van der Waals surface area contributed by atoms with Crippen LogP contribution in [-0.2, 0) is 27.1 Å². The Hall–Kier alpha value is -3.98. The zero-order chi connectivity index (χ0) is 25.2. The molecule has 1 aliphatic rings. The van der Waals surface area contributed by atoms with Crippen LogP contribution in [0.5, 0.6) is 0 Å². The molecule has 8 nitrogen and oxygen atoms in total. The van der Waals surface area contributed by atoms with Gasteiger partial charge < -0.3 is 19.2 Å². The number of oxazole rings is 1. The molecule has 0 spiro atoms. The van der Waals surface area contributed by atoms with Gasteiger partial charge in [-0.15, -0.1) is 11.3 Å². The number of nitrogens with zero attached hydrogens (tertiary/aromatic N) is 1. The number of para-hydroxylation sites is 2. The summed E-state index contributed by atoms with van der Waals surface area (Å²) in [5, 5.41) is 3.20. The number of rotatable bonds is 6. The van der Waals surface area contributed by atoms with Gasteiger partial charge in [0.2, 0.25) is 5.89 Å². The van der Waals surface area contributed by atoms with Crippen molar-refractivity contribution in [3.63, 3.8) is 0 Å². The van der Waals surface area contributed by atoms with Gasteiger partial charge in [0.05, 0.1) is 23.8 Å². The maximum absolute atomic E-state index is 13.1. The van der Waals surface area contributed by atoms with Crippen molar-refractivity contribution in [2.75, 3.05) is 12.4 Å². The molecule has 1 atom stereocenters. The summed E-state index contributed by atoms with van der Waals surface area (Å²) >= 11 is 1.37. The van der Waals surface area contributed by atoms with Crippen molar-refractivity contribution in [2.45, 2.75) is 38.7 Å². The molecule has 0 fully saturated rings. The highest BCUT2D eigenvalue weighted by atomic mass is 32.1. The fraction of sp³-hybridized carbons (Fsp3) is 0.259. The highest BCUT2D eigenvalue weighted by Crippen LogP contribution is 2.38. The number of benzene rings is 2. The van der Waals surface area contributed by atoms with Gasteiger partial charge in [-0.3, -0.25) is 4.79 Å². The first kappa shape index (κ1) is 23.7. The fourth-order valence-corrected chi connectivity index (χ4v) is 5.58. The number of amides is 1. The molecule has 0 saturated heterocycles. The number of anilines is 1. The summed E-state index contributed by atoms with van der Waals surface area (Å²) in [7, 11) is 1.32. The summed E-state index contributed by atoms with van der Waals surface area (Å²) in [4.78, 5) is 44.0. The van der Waals surface area contributed by atoms with Gasteiger partial charge in [0, 0.05) is 4.88 Å². The van der Waals surface area contributed by atoms with Gasteiger partial charge in [-0.05, 0) is 62.4 Å². The number of esters is 2. The minimum atomic E-state index is -1.11. The smallest absolute Gasteiger partial charge is 0.341 e. The van der Waals surface area contributed by atoms with Crippen molar-refractivity contribution in [3.8, 4) is 11.5 Å². The normalized spacial score (nSPS) is 13.6. The number of fused-ring (bicyclic) bond motifs is 2. The number of nitrogens with one attached hydrogen (secondary N) is 1. The van der Waals surface area contributed by atoms with Gasteiger partial charge in [-0.25, -0.2) is 14.6 Å². The average molecular weight is 505 g/mol. The largest absolute Gasteiger partial charge is 0.465 e. The van der Waals surface area contributed by atoms with E-state index in [-0.39, 0.29) is 11.5 Å². The maximum Gasteiger partial charge on any atom is 0.341 e. The Kier molecular flexibility index (Phi) is 6.56. The zero-order valence-corrected chi connectivity index (χ0v) is 20.6. The first-order valence-corrected chi connectivity index (χ1v) is 12.5. The van der Waals surface area contributed by atoms with Crippen molar-refractivity contribution in [2.24, 2.45) is 0 Å². The van der Waals surface area contributed by atoms with E-state index in [1.165, 1.54) is 25.4 Å². The molecule has 1 aliphatic carbocycles. The van der Waals surface area contributed by atoms with Crippen LogP contribution in [0, 0.1) is 0 Å². The SMILES string of the molecule is COC(=O)c1c(NC(=O)C(C)OC(=O)c2ccccc2-c2nc3ccccc3o2)sc2c1CCCC2. The molecule has 1 N–H and O–H groups in total. The van der Waals surface area contributed by atoms with E-state index in [1.54, 1.807) is 30.3 Å². The molecule has 0 bridgehead atoms. The molecule has 4 aromatic rings. The van der Waals surface area contributed by atoms with Gasteiger partial charge in [0.1, 0.15) is 10.5 Å². The summed E-state index contributed by atoms with van der Waals surface area (Å²) in [6.07, 6.45) is 2.53. The Balaban J connectivity index is 1.35. The number of aromatic nitrogens is 1. The number of hydrogen-bond acceptors (Lipinski definition) is 8. The standard InChI is InChI=1S/C27H24N2O6S/c1-15(23(30)29-25-22(27(32)33-2)18-11-5-8-14-21(18)36-25)34-26(31)17-10-4-3-9-16(17)24-28-19-12-6-7-13-20(19)35-24/h3-4,6-7,9-10,12-13,15H,5,8,11,14H2,1-2H3,(H,29,30). The van der Waals surface area contributed by atoms with Crippen molar-refractivity contribution in [1.29, 1.82) is 0 Å². The van der Waals surface area contributed by atoms with Gasteiger partial charge in [-0.2, -0.15) is 0 Å². The van der Waals surface area contributed by atoms with E-state index in [4.69, 9.17) is 13.9 Å². The van der Waals surface area contributed by atoms with Crippen molar-refractivity contribution in [3.05, 3.63) is 70.1 Å². The lowest BCUT2D eigenvalue weighted by Gasteiger charge is -2.15. The Bertz CT molecular complexity index is 1440. The van der Waals surface area contributed by atoms with Crippen LogP contribution in [0.25, 0.3) is 22.6 Å². The quantitative estimate of drug-likeness (QED) is 0.350. The Morgan fingerprint density at radius 2 is 1.78 bits per heavy atom. The maximum atomic E-state index is 13.1. The Morgan fingerprint density at radius 3 is 2.58 bits per heavy atom. The average Bonchev–Trinajstić information content (AvgIpc) is 3.49. The molecule has 2 heterocycles. The van der Waals surface area contributed by atoms with E-state index < -0.39 is 23.9 Å². The second-order valence-electron chi connectivity index (χ2n) is 8.48. The monoisotopic (exact) mass is 504 g/mol. The van der Waals surface area contributed by atoms with Gasteiger partial charge >= 0.3 is 11.9 Å². The van der Waals surface area contributed by atoms with Crippen LogP contribution in [0.2, 0.25) is 0 Å². The molecule has 1 amide bonds. The van der Waals surface area contributed by atoms with Crippen LogP contribution in [0.15, 0.2) is 52.9 Å². The zero-order valence-electron chi connectivity index (χ0n) is 19.8. The Morgan fingerprint density at radius 1 is 1.03 bits per heavy atom. The third kappa shape index (κ3) is 4.49. The molecular weight excluding hydrogens is 480 g/mol. The van der Waals surface area contributed by atoms with Crippen molar-refractivity contribution >= 4 is 45.3 Å². The van der Waals surface area contributed by atoms with E-state index in [1.807, 2.05) is 18.2 Å². The van der Waals surface area contributed by atoms with E-state index >= 15 is 0 Å². The molecular formula is C27H24N2O6S.